The summed E-state index contributed by atoms with van der Waals surface area (Å²) in [5, 5.41) is 3.58. The molecule has 0 aromatic carbocycles. The van der Waals surface area contributed by atoms with Gasteiger partial charge in [-0.3, -0.25) is 0 Å². The van der Waals surface area contributed by atoms with Gasteiger partial charge in [-0.05, 0) is 31.1 Å². The smallest absolute Gasteiger partial charge is 0.0701 e. The molecule has 0 radical (unpaired) electrons. The van der Waals surface area contributed by atoms with Gasteiger partial charge in [0.15, 0.2) is 0 Å². The van der Waals surface area contributed by atoms with Crippen molar-refractivity contribution in [2.75, 3.05) is 46.2 Å². The molecule has 21 heavy (non-hydrogen) atoms. The molecule has 0 amide bonds. The molecule has 1 atom stereocenters. The Balaban J connectivity index is 1.75. The molecule has 1 N–H and O–H groups in total. The van der Waals surface area contributed by atoms with Gasteiger partial charge in [-0.25, -0.2) is 0 Å². The fourth-order valence-corrected chi connectivity index (χ4v) is 2.73. The fraction of sp³-hybridized carbons (Fsp3) is 1.00. The molecule has 0 heterocycles. The number of nitrogens with one attached hydrogen (secondary N) is 1. The minimum atomic E-state index is 0.519. The van der Waals surface area contributed by atoms with Crippen molar-refractivity contribution in [1.82, 2.24) is 5.32 Å². The van der Waals surface area contributed by atoms with Crippen LogP contribution in [0.2, 0.25) is 0 Å². The summed E-state index contributed by atoms with van der Waals surface area (Å²) in [6.45, 7) is 12.1. The van der Waals surface area contributed by atoms with Crippen molar-refractivity contribution < 1.29 is 14.2 Å². The Morgan fingerprint density at radius 2 is 1.57 bits per heavy atom. The summed E-state index contributed by atoms with van der Waals surface area (Å²) >= 11 is 0. The Labute approximate surface area is 130 Å². The highest BCUT2D eigenvalue weighted by Gasteiger charge is 2.30. The van der Waals surface area contributed by atoms with Crippen molar-refractivity contribution in [2.24, 2.45) is 5.41 Å². The Kier molecular flexibility index (Phi) is 10.3. The van der Waals surface area contributed by atoms with E-state index >= 15 is 0 Å². The van der Waals surface area contributed by atoms with E-state index in [0.717, 1.165) is 26.2 Å². The van der Waals surface area contributed by atoms with E-state index in [1.807, 2.05) is 0 Å². The molecule has 1 rings (SSSR count). The zero-order chi connectivity index (χ0) is 15.4. The van der Waals surface area contributed by atoms with Crippen molar-refractivity contribution in [2.45, 2.75) is 58.9 Å². The van der Waals surface area contributed by atoms with Crippen LogP contribution in [0.25, 0.3) is 0 Å². The van der Waals surface area contributed by atoms with Gasteiger partial charge < -0.3 is 19.5 Å². The summed E-state index contributed by atoms with van der Waals surface area (Å²) in [7, 11) is 0. The number of unbranched alkanes of at least 4 members (excludes halogenated alkanes) is 1. The lowest BCUT2D eigenvalue weighted by Crippen LogP contribution is -2.30. The average molecular weight is 301 g/mol. The monoisotopic (exact) mass is 301 g/mol. The molecule has 126 valence electrons. The fourth-order valence-electron chi connectivity index (χ4n) is 2.73. The molecule has 1 fully saturated rings. The summed E-state index contributed by atoms with van der Waals surface area (Å²) in [6.07, 6.45) is 6.23. The van der Waals surface area contributed by atoms with Crippen LogP contribution in [-0.2, 0) is 14.2 Å². The maximum absolute atomic E-state index is 5.56. The highest BCUT2D eigenvalue weighted by atomic mass is 16.5. The molecule has 0 aromatic rings. The SMILES string of the molecule is CCCCOCCOCCOCCNC1CCC(C)(C)C1. The number of hydrogen-bond acceptors (Lipinski definition) is 4. The predicted molar refractivity (Wildman–Crippen MR) is 86.8 cm³/mol. The lowest BCUT2D eigenvalue weighted by atomic mass is 9.92. The Morgan fingerprint density at radius 1 is 0.952 bits per heavy atom. The van der Waals surface area contributed by atoms with Crippen molar-refractivity contribution in [3.8, 4) is 0 Å². The molecule has 4 nitrogen and oxygen atoms in total. The van der Waals surface area contributed by atoms with Crippen LogP contribution < -0.4 is 5.32 Å². The second-order valence-electron chi connectivity index (χ2n) is 6.75. The average Bonchev–Trinajstić information content (AvgIpc) is 2.79. The van der Waals surface area contributed by atoms with Gasteiger partial charge in [0.1, 0.15) is 0 Å². The first-order chi connectivity index (χ1) is 10.1. The maximum atomic E-state index is 5.56. The van der Waals surface area contributed by atoms with Gasteiger partial charge in [0, 0.05) is 19.2 Å². The standard InChI is InChI=1S/C17H35NO3/c1-4-5-9-19-11-13-21-14-12-20-10-8-18-16-6-7-17(2,3)15-16/h16,18H,4-15H2,1-3H3. The third-order valence-corrected chi connectivity index (χ3v) is 4.03. The van der Waals surface area contributed by atoms with Crippen LogP contribution in [0, 0.1) is 5.41 Å². The summed E-state index contributed by atoms with van der Waals surface area (Å²) in [5.74, 6) is 0. The van der Waals surface area contributed by atoms with Gasteiger partial charge in [-0.15, -0.1) is 0 Å². The van der Waals surface area contributed by atoms with Crippen LogP contribution in [-0.4, -0.2) is 52.2 Å². The van der Waals surface area contributed by atoms with Gasteiger partial charge in [0.2, 0.25) is 0 Å². The first kappa shape index (κ1) is 18.9. The minimum Gasteiger partial charge on any atom is -0.379 e. The van der Waals surface area contributed by atoms with Crippen LogP contribution in [0.1, 0.15) is 52.9 Å². The second-order valence-corrected chi connectivity index (χ2v) is 6.75. The zero-order valence-corrected chi connectivity index (χ0v) is 14.3. The molecule has 1 aliphatic rings. The summed E-state index contributed by atoms with van der Waals surface area (Å²) in [4.78, 5) is 0. The third-order valence-electron chi connectivity index (χ3n) is 4.03. The molecular formula is C17H35NO3. The number of rotatable bonds is 13. The highest BCUT2D eigenvalue weighted by molar-refractivity contribution is 4.86. The van der Waals surface area contributed by atoms with E-state index in [9.17, 15) is 0 Å². The summed E-state index contributed by atoms with van der Waals surface area (Å²) < 4.78 is 16.4. The van der Waals surface area contributed by atoms with Crippen LogP contribution in [0.3, 0.4) is 0 Å². The quantitative estimate of drug-likeness (QED) is 0.531. The van der Waals surface area contributed by atoms with Crippen molar-refractivity contribution in [1.29, 1.82) is 0 Å². The zero-order valence-electron chi connectivity index (χ0n) is 14.3. The normalized spacial score (nSPS) is 21.0. The summed E-state index contributed by atoms with van der Waals surface area (Å²) in [6, 6.07) is 0.681. The Bertz CT molecular complexity index is 246. The first-order valence-electron chi connectivity index (χ1n) is 8.60. The molecule has 0 bridgehead atoms. The lowest BCUT2D eigenvalue weighted by molar-refractivity contribution is 0.0144. The minimum absolute atomic E-state index is 0.519. The molecule has 0 aliphatic heterocycles. The van der Waals surface area contributed by atoms with Crippen molar-refractivity contribution in [3.63, 3.8) is 0 Å². The van der Waals surface area contributed by atoms with E-state index in [2.05, 4.69) is 26.1 Å². The number of hydrogen-bond donors (Lipinski definition) is 1. The first-order valence-corrected chi connectivity index (χ1v) is 8.60. The van der Waals surface area contributed by atoms with Gasteiger partial charge >= 0.3 is 0 Å². The topological polar surface area (TPSA) is 39.7 Å². The van der Waals surface area contributed by atoms with Gasteiger partial charge in [-0.2, -0.15) is 0 Å². The largest absolute Gasteiger partial charge is 0.379 e. The van der Waals surface area contributed by atoms with Crippen LogP contribution in [0.5, 0.6) is 0 Å². The van der Waals surface area contributed by atoms with E-state index < -0.39 is 0 Å². The van der Waals surface area contributed by atoms with Crippen LogP contribution in [0.15, 0.2) is 0 Å². The van der Waals surface area contributed by atoms with Gasteiger partial charge in [0.05, 0.1) is 33.0 Å². The summed E-state index contributed by atoms with van der Waals surface area (Å²) in [5.41, 5.74) is 0.519. The lowest BCUT2D eigenvalue weighted by Gasteiger charge is -2.17. The number of ether oxygens (including phenoxy) is 3. The predicted octanol–water partition coefficient (Wildman–Crippen LogP) is 3.00. The maximum Gasteiger partial charge on any atom is 0.0701 e. The van der Waals surface area contributed by atoms with Gasteiger partial charge in [0.25, 0.3) is 0 Å². The van der Waals surface area contributed by atoms with Crippen LogP contribution in [0.4, 0.5) is 0 Å². The van der Waals surface area contributed by atoms with Crippen molar-refractivity contribution in [3.05, 3.63) is 0 Å². The molecular weight excluding hydrogens is 266 g/mol. The van der Waals surface area contributed by atoms with E-state index in [1.54, 1.807) is 0 Å². The van der Waals surface area contributed by atoms with Gasteiger partial charge in [-0.1, -0.05) is 27.2 Å². The molecule has 0 spiro atoms. The molecule has 0 aromatic heterocycles. The highest BCUT2D eigenvalue weighted by Crippen LogP contribution is 2.36. The van der Waals surface area contributed by atoms with Crippen molar-refractivity contribution >= 4 is 0 Å². The van der Waals surface area contributed by atoms with E-state index in [1.165, 1.54) is 25.7 Å². The van der Waals surface area contributed by atoms with Crippen LogP contribution >= 0.6 is 0 Å². The molecule has 1 saturated carbocycles. The Hall–Kier alpha value is -0.160. The van der Waals surface area contributed by atoms with E-state index in [-0.39, 0.29) is 0 Å². The molecule has 4 heteroatoms. The molecule has 0 saturated heterocycles. The molecule has 1 unspecified atom stereocenters. The Morgan fingerprint density at radius 3 is 2.14 bits per heavy atom. The van der Waals surface area contributed by atoms with E-state index in [0.29, 0.717) is 37.9 Å². The third kappa shape index (κ3) is 10.2. The second kappa shape index (κ2) is 11.4. The van der Waals surface area contributed by atoms with E-state index in [4.69, 9.17) is 14.2 Å². The molecule has 1 aliphatic carbocycles.